The molecule has 1 saturated heterocycles. The second kappa shape index (κ2) is 9.38. The van der Waals surface area contributed by atoms with Gasteiger partial charge in [0.15, 0.2) is 5.17 Å². The molecule has 0 aliphatic carbocycles. The molecule has 3 aromatic rings. The van der Waals surface area contributed by atoms with Crippen LogP contribution in [-0.4, -0.2) is 28.6 Å². The van der Waals surface area contributed by atoms with Crippen molar-refractivity contribution in [1.82, 2.24) is 4.90 Å². The van der Waals surface area contributed by atoms with Gasteiger partial charge >= 0.3 is 0 Å². The summed E-state index contributed by atoms with van der Waals surface area (Å²) in [6.07, 6.45) is 3.12. The van der Waals surface area contributed by atoms with Crippen LogP contribution >= 0.6 is 11.8 Å². The summed E-state index contributed by atoms with van der Waals surface area (Å²) in [5.74, 6) is 0.462. The van der Waals surface area contributed by atoms with E-state index in [0.717, 1.165) is 23.2 Å². The summed E-state index contributed by atoms with van der Waals surface area (Å²) in [4.78, 5) is 23.2. The van der Waals surface area contributed by atoms with Crippen molar-refractivity contribution in [1.29, 1.82) is 0 Å². The molecule has 0 radical (unpaired) electrons. The molecule has 1 amide bonds. The number of amides is 1. The third-order valence-electron chi connectivity index (χ3n) is 7.01. The summed E-state index contributed by atoms with van der Waals surface area (Å²) < 4.78 is 0. The van der Waals surface area contributed by atoms with Crippen LogP contribution in [0.1, 0.15) is 49.8 Å². The van der Waals surface area contributed by atoms with Crippen molar-refractivity contribution in [2.24, 2.45) is 4.99 Å². The topological polar surface area (TPSA) is 35.9 Å². The van der Waals surface area contributed by atoms with Gasteiger partial charge in [-0.3, -0.25) is 9.69 Å². The largest absolute Gasteiger partial charge is 0.369 e. The SMILES string of the molecule is CC1CC(C)(C)N(C)c2ccc(/C=C3/SC(=Nc4ccccc4)N(Cc4ccccc4)C3=O)cc21. The molecule has 2 aliphatic rings. The maximum atomic E-state index is 13.6. The summed E-state index contributed by atoms with van der Waals surface area (Å²) in [6, 6.07) is 26.5. The van der Waals surface area contributed by atoms with E-state index in [-0.39, 0.29) is 11.4 Å². The normalized spacial score (nSPS) is 21.6. The molecule has 178 valence electrons. The minimum atomic E-state index is -0.00226. The highest BCUT2D eigenvalue weighted by atomic mass is 32.2. The lowest BCUT2D eigenvalue weighted by Crippen LogP contribution is -2.45. The van der Waals surface area contributed by atoms with Crippen molar-refractivity contribution in [3.05, 3.63) is 100 Å². The van der Waals surface area contributed by atoms with Gasteiger partial charge in [-0.25, -0.2) is 4.99 Å². The van der Waals surface area contributed by atoms with Gasteiger partial charge in [0.25, 0.3) is 5.91 Å². The first-order chi connectivity index (χ1) is 16.8. The fourth-order valence-corrected chi connectivity index (χ4v) is 5.94. The summed E-state index contributed by atoms with van der Waals surface area (Å²) in [5, 5.41) is 0.712. The van der Waals surface area contributed by atoms with E-state index in [9.17, 15) is 4.79 Å². The number of thioether (sulfide) groups is 1. The monoisotopic (exact) mass is 481 g/mol. The molecule has 2 heterocycles. The molecule has 1 fully saturated rings. The number of hydrogen-bond acceptors (Lipinski definition) is 4. The molecule has 0 bridgehead atoms. The van der Waals surface area contributed by atoms with Crippen molar-refractivity contribution in [2.75, 3.05) is 11.9 Å². The van der Waals surface area contributed by atoms with Crippen molar-refractivity contribution < 1.29 is 4.79 Å². The Morgan fingerprint density at radius 2 is 1.71 bits per heavy atom. The minimum absolute atomic E-state index is 0.00226. The van der Waals surface area contributed by atoms with Crippen molar-refractivity contribution in [3.8, 4) is 0 Å². The Kier molecular flexibility index (Phi) is 6.28. The zero-order chi connectivity index (χ0) is 24.6. The van der Waals surface area contributed by atoms with E-state index in [1.165, 1.54) is 23.0 Å². The van der Waals surface area contributed by atoms with Crippen LogP contribution in [0.2, 0.25) is 0 Å². The lowest BCUT2D eigenvalue weighted by molar-refractivity contribution is -0.122. The molecule has 5 rings (SSSR count). The quantitative estimate of drug-likeness (QED) is 0.369. The van der Waals surface area contributed by atoms with Crippen molar-refractivity contribution in [2.45, 2.75) is 45.2 Å². The Labute approximate surface area is 212 Å². The van der Waals surface area contributed by atoms with E-state index in [0.29, 0.717) is 22.5 Å². The van der Waals surface area contributed by atoms with E-state index in [2.05, 4.69) is 50.9 Å². The Balaban J connectivity index is 1.49. The Bertz CT molecular complexity index is 1300. The van der Waals surface area contributed by atoms with Gasteiger partial charge in [-0.2, -0.15) is 0 Å². The number of para-hydroxylation sites is 1. The molecule has 35 heavy (non-hydrogen) atoms. The van der Waals surface area contributed by atoms with Crippen molar-refractivity contribution >= 4 is 40.3 Å². The molecule has 0 saturated carbocycles. The number of benzene rings is 3. The van der Waals surface area contributed by atoms with Crippen LogP contribution in [0.3, 0.4) is 0 Å². The number of carbonyl (C=O) groups is 1. The fraction of sp³-hybridized carbons (Fsp3) is 0.267. The molecule has 0 spiro atoms. The standard InChI is InChI=1S/C30H31N3OS/c1-21-19-30(2,3)32(4)26-16-15-23(17-25(21)26)18-27-28(34)33(20-22-11-7-5-8-12-22)29(35-27)31-24-13-9-6-10-14-24/h5-18,21H,19-20H2,1-4H3/b27-18+,31-29?. The zero-order valence-electron chi connectivity index (χ0n) is 20.7. The van der Waals surface area contributed by atoms with E-state index < -0.39 is 0 Å². The van der Waals surface area contributed by atoms with Crippen LogP contribution in [0.5, 0.6) is 0 Å². The third-order valence-corrected chi connectivity index (χ3v) is 8.01. The number of amidine groups is 1. The highest BCUT2D eigenvalue weighted by Crippen LogP contribution is 2.43. The molecule has 0 N–H and O–H groups in total. The third kappa shape index (κ3) is 4.78. The van der Waals surface area contributed by atoms with Crippen LogP contribution in [0.15, 0.2) is 88.8 Å². The minimum Gasteiger partial charge on any atom is -0.369 e. The molecule has 2 aliphatic heterocycles. The Morgan fingerprint density at radius 1 is 1.03 bits per heavy atom. The average Bonchev–Trinajstić information content (AvgIpc) is 3.12. The lowest BCUT2D eigenvalue weighted by Gasteiger charge is -2.45. The van der Waals surface area contributed by atoms with Gasteiger partial charge in [0, 0.05) is 18.3 Å². The van der Waals surface area contributed by atoms with Gasteiger partial charge < -0.3 is 4.90 Å². The molecular weight excluding hydrogens is 450 g/mol. The van der Waals surface area contributed by atoms with E-state index in [1.54, 1.807) is 4.90 Å². The molecule has 1 atom stereocenters. The van der Waals surface area contributed by atoms with Crippen LogP contribution in [-0.2, 0) is 11.3 Å². The van der Waals surface area contributed by atoms with Crippen molar-refractivity contribution in [3.63, 3.8) is 0 Å². The van der Waals surface area contributed by atoms with Gasteiger partial charge in [-0.05, 0) is 85.0 Å². The predicted molar refractivity (Wildman–Crippen MR) is 148 cm³/mol. The van der Waals surface area contributed by atoms with E-state index in [4.69, 9.17) is 4.99 Å². The van der Waals surface area contributed by atoms with E-state index in [1.807, 2.05) is 66.7 Å². The Hall–Kier alpha value is -3.31. The summed E-state index contributed by atoms with van der Waals surface area (Å²) in [5.41, 5.74) is 5.73. The number of aliphatic imine (C=N–C) groups is 1. The number of rotatable bonds is 4. The number of fused-ring (bicyclic) bond motifs is 1. The molecule has 3 aromatic carbocycles. The summed E-state index contributed by atoms with van der Waals surface area (Å²) >= 11 is 1.45. The second-order valence-electron chi connectivity index (χ2n) is 10.0. The average molecular weight is 482 g/mol. The maximum absolute atomic E-state index is 13.6. The van der Waals surface area contributed by atoms with Gasteiger partial charge in [0.2, 0.25) is 0 Å². The highest BCUT2D eigenvalue weighted by Gasteiger charge is 2.35. The van der Waals surface area contributed by atoms with Gasteiger partial charge in [0.1, 0.15) is 0 Å². The first kappa shape index (κ1) is 23.4. The number of hydrogen-bond donors (Lipinski definition) is 0. The van der Waals surface area contributed by atoms with E-state index >= 15 is 0 Å². The first-order valence-electron chi connectivity index (χ1n) is 12.1. The van der Waals surface area contributed by atoms with Gasteiger partial charge in [-0.1, -0.05) is 61.5 Å². The smallest absolute Gasteiger partial charge is 0.267 e. The van der Waals surface area contributed by atoms with Gasteiger partial charge in [0.05, 0.1) is 17.1 Å². The number of carbonyl (C=O) groups excluding carboxylic acids is 1. The fourth-order valence-electron chi connectivity index (χ4n) is 4.95. The predicted octanol–water partition coefficient (Wildman–Crippen LogP) is 7.21. The zero-order valence-corrected chi connectivity index (χ0v) is 21.5. The summed E-state index contributed by atoms with van der Waals surface area (Å²) in [7, 11) is 2.17. The highest BCUT2D eigenvalue weighted by molar-refractivity contribution is 8.18. The molecule has 4 nitrogen and oxygen atoms in total. The molecule has 1 unspecified atom stereocenters. The Morgan fingerprint density at radius 3 is 2.43 bits per heavy atom. The van der Waals surface area contributed by atoms with Crippen LogP contribution < -0.4 is 4.90 Å². The van der Waals surface area contributed by atoms with Gasteiger partial charge in [-0.15, -0.1) is 0 Å². The second-order valence-corrected chi connectivity index (χ2v) is 11.0. The van der Waals surface area contributed by atoms with Crippen LogP contribution in [0.4, 0.5) is 11.4 Å². The van der Waals surface area contributed by atoms with Crippen LogP contribution in [0.25, 0.3) is 6.08 Å². The maximum Gasteiger partial charge on any atom is 0.267 e. The number of anilines is 1. The molecular formula is C30H31N3OS. The first-order valence-corrected chi connectivity index (χ1v) is 12.9. The number of nitrogens with zero attached hydrogens (tertiary/aromatic N) is 3. The summed E-state index contributed by atoms with van der Waals surface area (Å²) in [6.45, 7) is 7.39. The lowest BCUT2D eigenvalue weighted by atomic mass is 9.80. The molecule has 0 aromatic heterocycles. The molecule has 5 heteroatoms. The van der Waals surface area contributed by atoms with Crippen LogP contribution in [0, 0.1) is 0 Å².